The Bertz CT molecular complexity index is 774. The third-order valence-corrected chi connectivity index (χ3v) is 3.71. The van der Waals surface area contributed by atoms with Crippen LogP contribution < -0.4 is 10.1 Å². The number of carbonyl (C=O) groups is 1. The minimum Gasteiger partial charge on any atom is -0.497 e. The van der Waals surface area contributed by atoms with Gasteiger partial charge in [0.25, 0.3) is 5.91 Å². The van der Waals surface area contributed by atoms with E-state index in [2.05, 4.69) is 11.4 Å². The van der Waals surface area contributed by atoms with Gasteiger partial charge in [0.2, 0.25) is 0 Å². The van der Waals surface area contributed by atoms with Gasteiger partial charge in [-0.3, -0.25) is 4.79 Å². The molecule has 0 spiro atoms. The zero-order chi connectivity index (χ0) is 16.1. The lowest BCUT2D eigenvalue weighted by molar-refractivity contribution is 0.0927. The minimum absolute atomic E-state index is 0.174. The van der Waals surface area contributed by atoms with Crippen LogP contribution in [0.1, 0.15) is 22.5 Å². The van der Waals surface area contributed by atoms with E-state index in [0.29, 0.717) is 12.3 Å². The summed E-state index contributed by atoms with van der Waals surface area (Å²) in [5.41, 5.74) is 1.93. The smallest absolute Gasteiger partial charge is 0.287 e. The summed E-state index contributed by atoms with van der Waals surface area (Å²) in [6.45, 7) is 0.604. The van der Waals surface area contributed by atoms with Crippen molar-refractivity contribution >= 4 is 16.9 Å². The molecule has 0 radical (unpaired) electrons. The van der Waals surface area contributed by atoms with Crippen LogP contribution in [0.3, 0.4) is 0 Å². The summed E-state index contributed by atoms with van der Waals surface area (Å²) in [7, 11) is 1.66. The zero-order valence-corrected chi connectivity index (χ0v) is 13.0. The van der Waals surface area contributed by atoms with Gasteiger partial charge in [-0.25, -0.2) is 0 Å². The predicted molar refractivity (Wildman–Crippen MR) is 89.9 cm³/mol. The Labute approximate surface area is 135 Å². The summed E-state index contributed by atoms with van der Waals surface area (Å²) in [5.74, 6) is 1.04. The van der Waals surface area contributed by atoms with Crippen molar-refractivity contribution in [2.24, 2.45) is 0 Å². The van der Waals surface area contributed by atoms with Gasteiger partial charge in [0.05, 0.1) is 7.11 Å². The highest BCUT2D eigenvalue weighted by Gasteiger charge is 2.11. The number of amides is 1. The summed E-state index contributed by atoms with van der Waals surface area (Å²) >= 11 is 0. The van der Waals surface area contributed by atoms with Gasteiger partial charge in [-0.2, -0.15) is 0 Å². The number of aryl methyl sites for hydroxylation is 1. The highest BCUT2D eigenvalue weighted by Crippen LogP contribution is 2.18. The zero-order valence-electron chi connectivity index (χ0n) is 13.0. The van der Waals surface area contributed by atoms with E-state index in [1.165, 1.54) is 5.56 Å². The van der Waals surface area contributed by atoms with Crippen LogP contribution in [0.15, 0.2) is 59.0 Å². The monoisotopic (exact) mass is 309 g/mol. The van der Waals surface area contributed by atoms with Crippen LogP contribution in [-0.2, 0) is 6.42 Å². The Morgan fingerprint density at radius 3 is 2.83 bits per heavy atom. The second-order valence-corrected chi connectivity index (χ2v) is 5.36. The van der Waals surface area contributed by atoms with Gasteiger partial charge >= 0.3 is 0 Å². The second-order valence-electron chi connectivity index (χ2n) is 5.36. The van der Waals surface area contributed by atoms with Gasteiger partial charge in [-0.05, 0) is 42.7 Å². The number of carbonyl (C=O) groups excluding carboxylic acids is 1. The van der Waals surface area contributed by atoms with E-state index >= 15 is 0 Å². The average molecular weight is 309 g/mol. The molecule has 3 aromatic rings. The maximum atomic E-state index is 12.1. The maximum Gasteiger partial charge on any atom is 0.287 e. The Morgan fingerprint density at radius 2 is 2.00 bits per heavy atom. The molecule has 2 aromatic carbocycles. The first kappa shape index (κ1) is 15.2. The van der Waals surface area contributed by atoms with Crippen LogP contribution in [0.2, 0.25) is 0 Å². The number of ether oxygens (including phenoxy) is 1. The number of nitrogens with one attached hydrogen (secondary N) is 1. The molecular formula is C19H19NO3. The van der Waals surface area contributed by atoms with Crippen molar-refractivity contribution in [3.8, 4) is 5.75 Å². The number of benzene rings is 2. The van der Waals surface area contributed by atoms with E-state index in [1.54, 1.807) is 13.2 Å². The molecule has 1 heterocycles. The number of rotatable bonds is 6. The van der Waals surface area contributed by atoms with Crippen molar-refractivity contribution in [3.05, 3.63) is 65.9 Å². The van der Waals surface area contributed by atoms with Crippen LogP contribution in [0, 0.1) is 0 Å². The number of para-hydroxylation sites is 1. The molecule has 0 bridgehead atoms. The molecule has 0 fully saturated rings. The number of hydrogen-bond donors (Lipinski definition) is 1. The number of fused-ring (bicyclic) bond motifs is 1. The third-order valence-electron chi connectivity index (χ3n) is 3.71. The fourth-order valence-corrected chi connectivity index (χ4v) is 2.50. The molecular weight excluding hydrogens is 290 g/mol. The molecule has 23 heavy (non-hydrogen) atoms. The molecule has 0 saturated heterocycles. The first-order chi connectivity index (χ1) is 11.3. The van der Waals surface area contributed by atoms with E-state index in [0.717, 1.165) is 29.6 Å². The molecule has 0 atom stereocenters. The largest absolute Gasteiger partial charge is 0.497 e. The summed E-state index contributed by atoms with van der Waals surface area (Å²) in [5, 5.41) is 3.83. The Morgan fingerprint density at radius 1 is 1.13 bits per heavy atom. The lowest BCUT2D eigenvalue weighted by Crippen LogP contribution is -2.24. The van der Waals surface area contributed by atoms with E-state index in [9.17, 15) is 4.79 Å². The fourth-order valence-electron chi connectivity index (χ4n) is 2.50. The van der Waals surface area contributed by atoms with E-state index in [-0.39, 0.29) is 5.91 Å². The van der Waals surface area contributed by atoms with Gasteiger partial charge in [0, 0.05) is 11.9 Å². The normalized spacial score (nSPS) is 10.7. The number of hydrogen-bond acceptors (Lipinski definition) is 3. The van der Waals surface area contributed by atoms with Crippen molar-refractivity contribution < 1.29 is 13.9 Å². The van der Waals surface area contributed by atoms with Gasteiger partial charge in [-0.15, -0.1) is 0 Å². The topological polar surface area (TPSA) is 51.5 Å². The average Bonchev–Trinajstić information content (AvgIpc) is 3.03. The van der Waals surface area contributed by atoms with Crippen molar-refractivity contribution in [3.63, 3.8) is 0 Å². The Kier molecular flexibility index (Phi) is 4.62. The SMILES string of the molecule is COc1cccc(CCCNC(=O)c2cc3ccccc3o2)c1. The molecule has 3 rings (SSSR count). The van der Waals surface area contributed by atoms with Crippen LogP contribution in [0.5, 0.6) is 5.75 Å². The molecule has 118 valence electrons. The fraction of sp³-hybridized carbons (Fsp3) is 0.211. The Hall–Kier alpha value is -2.75. The standard InChI is InChI=1S/C19H19NO3/c1-22-16-9-4-6-14(12-16)7-5-11-20-19(21)18-13-15-8-2-3-10-17(15)23-18/h2-4,6,8-10,12-13H,5,7,11H2,1H3,(H,20,21). The van der Waals surface area contributed by atoms with Gasteiger partial charge in [0.15, 0.2) is 5.76 Å². The van der Waals surface area contributed by atoms with Crippen LogP contribution in [-0.4, -0.2) is 19.6 Å². The van der Waals surface area contributed by atoms with Gasteiger partial charge in [-0.1, -0.05) is 30.3 Å². The number of methoxy groups -OCH3 is 1. The van der Waals surface area contributed by atoms with E-state index in [1.807, 2.05) is 42.5 Å². The van der Waals surface area contributed by atoms with Gasteiger partial charge in [0.1, 0.15) is 11.3 Å². The van der Waals surface area contributed by atoms with Crippen LogP contribution >= 0.6 is 0 Å². The van der Waals surface area contributed by atoms with Gasteiger partial charge < -0.3 is 14.5 Å². The van der Waals surface area contributed by atoms with Crippen LogP contribution in [0.4, 0.5) is 0 Å². The van der Waals surface area contributed by atoms with Crippen molar-refractivity contribution in [2.75, 3.05) is 13.7 Å². The molecule has 0 aliphatic heterocycles. The molecule has 4 heteroatoms. The molecule has 0 aliphatic carbocycles. The minimum atomic E-state index is -0.174. The molecule has 1 N–H and O–H groups in total. The second kappa shape index (κ2) is 7.01. The molecule has 0 saturated carbocycles. The molecule has 0 aliphatic rings. The summed E-state index contributed by atoms with van der Waals surface area (Å²) in [6, 6.07) is 17.3. The van der Waals surface area contributed by atoms with Crippen molar-refractivity contribution in [1.29, 1.82) is 0 Å². The van der Waals surface area contributed by atoms with Crippen molar-refractivity contribution in [2.45, 2.75) is 12.8 Å². The molecule has 4 nitrogen and oxygen atoms in total. The summed E-state index contributed by atoms with van der Waals surface area (Å²) in [6.07, 6.45) is 1.75. The van der Waals surface area contributed by atoms with E-state index < -0.39 is 0 Å². The molecule has 0 unspecified atom stereocenters. The summed E-state index contributed by atoms with van der Waals surface area (Å²) in [4.78, 5) is 12.1. The molecule has 1 amide bonds. The number of furan rings is 1. The highest BCUT2D eigenvalue weighted by molar-refractivity contribution is 5.96. The lowest BCUT2D eigenvalue weighted by Gasteiger charge is -2.05. The third kappa shape index (κ3) is 3.72. The Balaban J connectivity index is 1.51. The van der Waals surface area contributed by atoms with E-state index in [4.69, 9.17) is 9.15 Å². The van der Waals surface area contributed by atoms with Crippen molar-refractivity contribution in [1.82, 2.24) is 5.32 Å². The molecule has 1 aromatic heterocycles. The predicted octanol–water partition coefficient (Wildman–Crippen LogP) is 3.80. The first-order valence-corrected chi connectivity index (χ1v) is 7.66. The van der Waals surface area contributed by atoms with Crippen LogP contribution in [0.25, 0.3) is 11.0 Å². The maximum absolute atomic E-state index is 12.1. The first-order valence-electron chi connectivity index (χ1n) is 7.66. The highest BCUT2D eigenvalue weighted by atomic mass is 16.5. The lowest BCUT2D eigenvalue weighted by atomic mass is 10.1. The quantitative estimate of drug-likeness (QED) is 0.705. The summed E-state index contributed by atoms with van der Waals surface area (Å²) < 4.78 is 10.8.